The first-order valence-electron chi connectivity index (χ1n) is 6.27. The molecule has 1 fully saturated rings. The third-order valence-electron chi connectivity index (χ3n) is 3.38. The molecule has 0 bridgehead atoms. The number of piperidine rings is 1. The SMILES string of the molecule is CN1CCCCC1CNC(=O)c1ccc(Br)cn1. The second kappa shape index (κ2) is 6.29. The van der Waals surface area contributed by atoms with Crippen molar-refractivity contribution in [3.8, 4) is 0 Å². The van der Waals surface area contributed by atoms with Crippen LogP contribution in [0.5, 0.6) is 0 Å². The summed E-state index contributed by atoms with van der Waals surface area (Å²) in [6.07, 6.45) is 5.31. The van der Waals surface area contributed by atoms with Crippen LogP contribution in [0.4, 0.5) is 0 Å². The second-order valence-corrected chi connectivity index (χ2v) is 5.62. The van der Waals surface area contributed by atoms with Crippen molar-refractivity contribution in [2.75, 3.05) is 20.1 Å². The molecule has 1 aromatic heterocycles. The molecule has 1 unspecified atom stereocenters. The number of nitrogens with zero attached hydrogens (tertiary/aromatic N) is 2. The molecule has 0 saturated carbocycles. The van der Waals surface area contributed by atoms with Gasteiger partial charge in [-0.05, 0) is 54.5 Å². The molecule has 1 aliphatic rings. The number of likely N-dealkylation sites (tertiary alicyclic amines) is 1. The number of pyridine rings is 1. The first-order chi connectivity index (χ1) is 8.66. The molecule has 0 aliphatic carbocycles. The van der Waals surface area contributed by atoms with E-state index in [0.29, 0.717) is 18.3 Å². The molecule has 1 saturated heterocycles. The summed E-state index contributed by atoms with van der Waals surface area (Å²) in [4.78, 5) is 18.3. The average Bonchev–Trinajstić information content (AvgIpc) is 2.38. The Labute approximate surface area is 116 Å². The molecule has 0 aromatic carbocycles. The maximum absolute atomic E-state index is 11.9. The highest BCUT2D eigenvalue weighted by atomic mass is 79.9. The van der Waals surface area contributed by atoms with E-state index in [2.05, 4.69) is 38.2 Å². The van der Waals surface area contributed by atoms with Crippen LogP contribution in [0.15, 0.2) is 22.8 Å². The smallest absolute Gasteiger partial charge is 0.269 e. The van der Waals surface area contributed by atoms with Crippen molar-refractivity contribution in [1.82, 2.24) is 15.2 Å². The van der Waals surface area contributed by atoms with Crippen LogP contribution in [-0.4, -0.2) is 42.0 Å². The van der Waals surface area contributed by atoms with Crippen molar-refractivity contribution < 1.29 is 4.79 Å². The Kier molecular flexibility index (Phi) is 4.72. The lowest BCUT2D eigenvalue weighted by atomic mass is 10.0. The first kappa shape index (κ1) is 13.5. The Balaban J connectivity index is 1.86. The van der Waals surface area contributed by atoms with Crippen LogP contribution in [0.25, 0.3) is 0 Å². The second-order valence-electron chi connectivity index (χ2n) is 4.70. The van der Waals surface area contributed by atoms with E-state index in [0.717, 1.165) is 17.4 Å². The molecule has 5 heteroatoms. The molecule has 0 radical (unpaired) electrons. The van der Waals surface area contributed by atoms with Gasteiger partial charge in [0.15, 0.2) is 0 Å². The summed E-state index contributed by atoms with van der Waals surface area (Å²) in [6, 6.07) is 4.01. The zero-order valence-electron chi connectivity index (χ0n) is 10.5. The molecule has 18 heavy (non-hydrogen) atoms. The summed E-state index contributed by atoms with van der Waals surface area (Å²) in [6.45, 7) is 1.82. The van der Waals surface area contributed by atoms with Crippen LogP contribution in [0, 0.1) is 0 Å². The van der Waals surface area contributed by atoms with Crippen LogP contribution >= 0.6 is 15.9 Å². The maximum Gasteiger partial charge on any atom is 0.269 e. The molecule has 2 rings (SSSR count). The van der Waals surface area contributed by atoms with Gasteiger partial charge in [0.1, 0.15) is 5.69 Å². The molecule has 2 heterocycles. The van der Waals surface area contributed by atoms with E-state index in [1.165, 1.54) is 12.8 Å². The number of nitrogens with one attached hydrogen (secondary N) is 1. The normalized spacial score (nSPS) is 20.7. The Morgan fingerprint density at radius 2 is 2.39 bits per heavy atom. The van der Waals surface area contributed by atoms with Crippen molar-refractivity contribution in [1.29, 1.82) is 0 Å². The molecule has 1 aliphatic heterocycles. The van der Waals surface area contributed by atoms with E-state index >= 15 is 0 Å². The fourth-order valence-electron chi connectivity index (χ4n) is 2.21. The van der Waals surface area contributed by atoms with Gasteiger partial charge in [-0.15, -0.1) is 0 Å². The maximum atomic E-state index is 11.9. The highest BCUT2D eigenvalue weighted by Gasteiger charge is 2.19. The van der Waals surface area contributed by atoms with E-state index in [9.17, 15) is 4.79 Å². The fraction of sp³-hybridized carbons (Fsp3) is 0.538. The highest BCUT2D eigenvalue weighted by molar-refractivity contribution is 9.10. The lowest BCUT2D eigenvalue weighted by molar-refractivity contribution is 0.0923. The molecular formula is C13H18BrN3O. The Bertz CT molecular complexity index is 407. The number of hydrogen-bond acceptors (Lipinski definition) is 3. The minimum absolute atomic E-state index is 0.0959. The van der Waals surface area contributed by atoms with Crippen molar-refractivity contribution in [2.45, 2.75) is 25.3 Å². The molecule has 1 aromatic rings. The van der Waals surface area contributed by atoms with Crippen molar-refractivity contribution >= 4 is 21.8 Å². The van der Waals surface area contributed by atoms with E-state index in [1.54, 1.807) is 12.3 Å². The van der Waals surface area contributed by atoms with Gasteiger partial charge in [0.2, 0.25) is 0 Å². The zero-order chi connectivity index (χ0) is 13.0. The van der Waals surface area contributed by atoms with Crippen molar-refractivity contribution in [2.24, 2.45) is 0 Å². The number of halogens is 1. The zero-order valence-corrected chi connectivity index (χ0v) is 12.1. The van der Waals surface area contributed by atoms with Gasteiger partial charge < -0.3 is 10.2 Å². The van der Waals surface area contributed by atoms with Gasteiger partial charge in [-0.1, -0.05) is 6.42 Å². The van der Waals surface area contributed by atoms with E-state index < -0.39 is 0 Å². The molecule has 1 atom stereocenters. The molecule has 1 N–H and O–H groups in total. The first-order valence-corrected chi connectivity index (χ1v) is 7.06. The van der Waals surface area contributed by atoms with Crippen molar-refractivity contribution in [3.05, 3.63) is 28.5 Å². The van der Waals surface area contributed by atoms with E-state index in [-0.39, 0.29) is 5.91 Å². The summed E-state index contributed by atoms with van der Waals surface area (Å²) < 4.78 is 0.881. The van der Waals surface area contributed by atoms with Gasteiger partial charge in [0.25, 0.3) is 5.91 Å². The van der Waals surface area contributed by atoms with Gasteiger partial charge in [0, 0.05) is 23.3 Å². The number of hydrogen-bond donors (Lipinski definition) is 1. The van der Waals surface area contributed by atoms with Crippen LogP contribution in [0.1, 0.15) is 29.8 Å². The predicted octanol–water partition coefficient (Wildman–Crippen LogP) is 2.06. The average molecular weight is 312 g/mol. The van der Waals surface area contributed by atoms with E-state index in [4.69, 9.17) is 0 Å². The van der Waals surface area contributed by atoms with Gasteiger partial charge in [0.05, 0.1) is 0 Å². The number of carbonyl (C=O) groups is 1. The minimum Gasteiger partial charge on any atom is -0.349 e. The Morgan fingerprint density at radius 3 is 3.06 bits per heavy atom. The van der Waals surface area contributed by atoms with Gasteiger partial charge in [-0.3, -0.25) is 4.79 Å². The molecular weight excluding hydrogens is 294 g/mol. The van der Waals surface area contributed by atoms with Gasteiger partial charge >= 0.3 is 0 Å². The Morgan fingerprint density at radius 1 is 1.56 bits per heavy atom. The largest absolute Gasteiger partial charge is 0.349 e. The van der Waals surface area contributed by atoms with Crippen LogP contribution in [-0.2, 0) is 0 Å². The third-order valence-corrected chi connectivity index (χ3v) is 3.85. The lowest BCUT2D eigenvalue weighted by Crippen LogP contribution is -2.44. The monoisotopic (exact) mass is 311 g/mol. The summed E-state index contributed by atoms with van der Waals surface area (Å²) in [5.74, 6) is -0.0959. The topological polar surface area (TPSA) is 45.2 Å². The minimum atomic E-state index is -0.0959. The highest BCUT2D eigenvalue weighted by Crippen LogP contribution is 2.14. The van der Waals surface area contributed by atoms with E-state index in [1.807, 2.05) is 6.07 Å². The molecule has 1 amide bonds. The standard InChI is InChI=1S/C13H18BrN3O/c1-17-7-3-2-4-11(17)9-16-13(18)12-6-5-10(14)8-15-12/h5-6,8,11H,2-4,7,9H2,1H3,(H,16,18). The van der Waals surface area contributed by atoms with Gasteiger partial charge in [-0.2, -0.15) is 0 Å². The number of amides is 1. The summed E-state index contributed by atoms with van der Waals surface area (Å²) in [5, 5.41) is 2.96. The quantitative estimate of drug-likeness (QED) is 0.929. The van der Waals surface area contributed by atoms with Crippen LogP contribution in [0.2, 0.25) is 0 Å². The molecule has 98 valence electrons. The van der Waals surface area contributed by atoms with Crippen LogP contribution < -0.4 is 5.32 Å². The van der Waals surface area contributed by atoms with Crippen molar-refractivity contribution in [3.63, 3.8) is 0 Å². The summed E-state index contributed by atoms with van der Waals surface area (Å²) in [7, 11) is 2.12. The number of likely N-dealkylation sites (N-methyl/N-ethyl adjacent to an activating group) is 1. The number of carbonyl (C=O) groups excluding carboxylic acids is 1. The lowest BCUT2D eigenvalue weighted by Gasteiger charge is -2.32. The third kappa shape index (κ3) is 3.53. The number of rotatable bonds is 3. The van der Waals surface area contributed by atoms with Gasteiger partial charge in [-0.25, -0.2) is 4.98 Å². The predicted molar refractivity (Wildman–Crippen MR) is 74.5 cm³/mol. The molecule has 4 nitrogen and oxygen atoms in total. The summed E-state index contributed by atoms with van der Waals surface area (Å²) in [5.41, 5.74) is 0.469. The fourth-order valence-corrected chi connectivity index (χ4v) is 2.45. The molecule has 0 spiro atoms. The Hall–Kier alpha value is -0.940. The summed E-state index contributed by atoms with van der Waals surface area (Å²) >= 11 is 3.30. The number of aromatic nitrogens is 1. The van der Waals surface area contributed by atoms with Crippen LogP contribution in [0.3, 0.4) is 0 Å².